The maximum absolute atomic E-state index is 6.08. The first-order valence-corrected chi connectivity index (χ1v) is 10.8. The molecule has 5 heteroatoms. The van der Waals surface area contributed by atoms with Crippen molar-refractivity contribution in [3.8, 4) is 17.1 Å². The zero-order valence-corrected chi connectivity index (χ0v) is 18.3. The summed E-state index contributed by atoms with van der Waals surface area (Å²) < 4.78 is 2.13. The molecule has 0 aliphatic carbocycles. The minimum absolute atomic E-state index is 0.708. The molecule has 4 rings (SSSR count). The molecule has 0 aliphatic rings. The Morgan fingerprint density at radius 3 is 2.24 bits per heavy atom. The predicted octanol–water partition coefficient (Wildman–Crippen LogP) is 6.81. The molecule has 0 atom stereocenters. The summed E-state index contributed by atoms with van der Waals surface area (Å²) in [6, 6.07) is 22.8. The predicted molar refractivity (Wildman–Crippen MR) is 122 cm³/mol. The summed E-state index contributed by atoms with van der Waals surface area (Å²) in [5.74, 6) is 1.65. The second-order valence-electron chi connectivity index (χ2n) is 7.19. The Morgan fingerprint density at radius 2 is 1.55 bits per heavy atom. The fourth-order valence-electron chi connectivity index (χ4n) is 3.08. The van der Waals surface area contributed by atoms with E-state index in [1.165, 1.54) is 22.3 Å². The Morgan fingerprint density at radius 1 is 0.828 bits per heavy atom. The number of thioether (sulfide) groups is 1. The van der Waals surface area contributed by atoms with Crippen LogP contribution in [0.15, 0.2) is 71.9 Å². The molecule has 0 saturated heterocycles. The maximum atomic E-state index is 6.08. The van der Waals surface area contributed by atoms with Crippen molar-refractivity contribution in [2.75, 3.05) is 0 Å². The Hall–Kier alpha value is -2.56. The minimum Gasteiger partial charge on any atom is -0.270 e. The number of rotatable bonds is 5. The number of aromatic nitrogens is 3. The molecule has 0 N–H and O–H groups in total. The molecule has 1 aromatic heterocycles. The SMILES string of the molecule is Cc1ccc(CSc2nnc(-c3ccc(Cl)cc3)n2-c2ccc(C)c(C)c2)cc1. The topological polar surface area (TPSA) is 30.7 Å². The first-order valence-electron chi connectivity index (χ1n) is 9.48. The van der Waals surface area contributed by atoms with Gasteiger partial charge in [0.2, 0.25) is 0 Å². The largest absolute Gasteiger partial charge is 0.270 e. The zero-order chi connectivity index (χ0) is 20.4. The Labute approximate surface area is 180 Å². The van der Waals surface area contributed by atoms with Crippen molar-refractivity contribution in [1.29, 1.82) is 0 Å². The van der Waals surface area contributed by atoms with E-state index < -0.39 is 0 Å². The lowest BCUT2D eigenvalue weighted by Crippen LogP contribution is -2.01. The van der Waals surface area contributed by atoms with Crippen LogP contribution in [0, 0.1) is 20.8 Å². The van der Waals surface area contributed by atoms with Gasteiger partial charge < -0.3 is 0 Å². The van der Waals surface area contributed by atoms with E-state index in [0.29, 0.717) is 5.02 Å². The molecular formula is C24H22ClN3S. The van der Waals surface area contributed by atoms with Gasteiger partial charge in [-0.3, -0.25) is 4.57 Å². The molecular weight excluding hydrogens is 398 g/mol. The zero-order valence-electron chi connectivity index (χ0n) is 16.7. The Bertz CT molecular complexity index is 1130. The summed E-state index contributed by atoms with van der Waals surface area (Å²) in [7, 11) is 0. The van der Waals surface area contributed by atoms with E-state index in [1.54, 1.807) is 11.8 Å². The molecule has 0 unspecified atom stereocenters. The smallest absolute Gasteiger partial charge is 0.196 e. The highest BCUT2D eigenvalue weighted by Gasteiger charge is 2.17. The van der Waals surface area contributed by atoms with Gasteiger partial charge in [0.05, 0.1) is 5.69 Å². The Kier molecular flexibility index (Phi) is 5.74. The van der Waals surface area contributed by atoms with Crippen molar-refractivity contribution in [1.82, 2.24) is 14.8 Å². The number of hydrogen-bond acceptors (Lipinski definition) is 3. The fourth-order valence-corrected chi connectivity index (χ4v) is 4.11. The summed E-state index contributed by atoms with van der Waals surface area (Å²) in [6.07, 6.45) is 0. The molecule has 146 valence electrons. The molecule has 29 heavy (non-hydrogen) atoms. The first-order chi connectivity index (χ1) is 14.0. The van der Waals surface area contributed by atoms with E-state index in [4.69, 9.17) is 11.6 Å². The summed E-state index contributed by atoms with van der Waals surface area (Å²) in [5, 5.41) is 10.6. The van der Waals surface area contributed by atoms with E-state index in [1.807, 2.05) is 24.3 Å². The average molecular weight is 420 g/mol. The van der Waals surface area contributed by atoms with E-state index in [2.05, 4.69) is 78.0 Å². The van der Waals surface area contributed by atoms with Gasteiger partial charge in [0.15, 0.2) is 11.0 Å². The van der Waals surface area contributed by atoms with Crippen molar-refractivity contribution < 1.29 is 0 Å². The van der Waals surface area contributed by atoms with Crippen molar-refractivity contribution in [2.45, 2.75) is 31.7 Å². The van der Waals surface area contributed by atoms with E-state index >= 15 is 0 Å². The second-order valence-corrected chi connectivity index (χ2v) is 8.57. The minimum atomic E-state index is 0.708. The van der Waals surface area contributed by atoms with Crippen LogP contribution in [-0.2, 0) is 5.75 Å². The van der Waals surface area contributed by atoms with Crippen LogP contribution in [0.3, 0.4) is 0 Å². The molecule has 0 aliphatic heterocycles. The summed E-state index contributed by atoms with van der Waals surface area (Å²) >= 11 is 7.77. The quantitative estimate of drug-likeness (QED) is 0.333. The van der Waals surface area contributed by atoms with Gasteiger partial charge in [0.25, 0.3) is 0 Å². The number of benzene rings is 3. The van der Waals surface area contributed by atoms with E-state index in [-0.39, 0.29) is 0 Å². The molecule has 0 bridgehead atoms. The van der Waals surface area contributed by atoms with Gasteiger partial charge in [0.1, 0.15) is 0 Å². The van der Waals surface area contributed by atoms with Crippen LogP contribution in [0.1, 0.15) is 22.3 Å². The molecule has 4 aromatic rings. The van der Waals surface area contributed by atoms with Gasteiger partial charge in [0, 0.05) is 16.3 Å². The van der Waals surface area contributed by atoms with E-state index in [9.17, 15) is 0 Å². The van der Waals surface area contributed by atoms with Gasteiger partial charge in [-0.05, 0) is 73.9 Å². The lowest BCUT2D eigenvalue weighted by atomic mass is 10.1. The van der Waals surface area contributed by atoms with Crippen LogP contribution >= 0.6 is 23.4 Å². The summed E-state index contributed by atoms with van der Waals surface area (Å²) in [4.78, 5) is 0. The van der Waals surface area contributed by atoms with Gasteiger partial charge in [-0.15, -0.1) is 10.2 Å². The highest BCUT2D eigenvalue weighted by Crippen LogP contribution is 2.31. The van der Waals surface area contributed by atoms with Crippen LogP contribution in [0.25, 0.3) is 17.1 Å². The van der Waals surface area contributed by atoms with Gasteiger partial charge in [-0.25, -0.2) is 0 Å². The highest BCUT2D eigenvalue weighted by atomic mass is 35.5. The first kappa shape index (κ1) is 19.7. The molecule has 3 aromatic carbocycles. The third-order valence-corrected chi connectivity index (χ3v) is 6.23. The number of hydrogen-bond donors (Lipinski definition) is 0. The average Bonchev–Trinajstić information content (AvgIpc) is 3.14. The van der Waals surface area contributed by atoms with Gasteiger partial charge in [-0.1, -0.05) is 59.3 Å². The van der Waals surface area contributed by atoms with Gasteiger partial charge >= 0.3 is 0 Å². The highest BCUT2D eigenvalue weighted by molar-refractivity contribution is 7.98. The monoisotopic (exact) mass is 419 g/mol. The van der Waals surface area contributed by atoms with Crippen molar-refractivity contribution in [3.63, 3.8) is 0 Å². The number of nitrogens with zero attached hydrogens (tertiary/aromatic N) is 3. The lowest BCUT2D eigenvalue weighted by molar-refractivity contribution is 0.884. The number of halogens is 1. The maximum Gasteiger partial charge on any atom is 0.196 e. The van der Waals surface area contributed by atoms with Crippen LogP contribution in [0.2, 0.25) is 5.02 Å². The molecule has 3 nitrogen and oxygen atoms in total. The third-order valence-electron chi connectivity index (χ3n) is 4.97. The van der Waals surface area contributed by atoms with Crippen LogP contribution in [0.4, 0.5) is 0 Å². The lowest BCUT2D eigenvalue weighted by Gasteiger charge is -2.12. The molecule has 0 fully saturated rings. The normalized spacial score (nSPS) is 11.0. The summed E-state index contributed by atoms with van der Waals surface area (Å²) in [6.45, 7) is 6.36. The van der Waals surface area contributed by atoms with Crippen molar-refractivity contribution in [2.24, 2.45) is 0 Å². The molecule has 0 amide bonds. The molecule has 0 saturated carbocycles. The standard InChI is InChI=1S/C24H22ClN3S/c1-16-4-7-19(8-5-16)15-29-24-27-26-23(20-9-11-21(25)12-10-20)28(24)22-13-6-17(2)18(3)14-22/h4-14H,15H2,1-3H3. The van der Waals surface area contributed by atoms with Crippen molar-refractivity contribution in [3.05, 3.63) is 94.0 Å². The molecule has 0 radical (unpaired) electrons. The molecule has 1 heterocycles. The van der Waals surface area contributed by atoms with Crippen molar-refractivity contribution >= 4 is 23.4 Å². The molecule has 0 spiro atoms. The fraction of sp³-hybridized carbons (Fsp3) is 0.167. The van der Waals surface area contributed by atoms with E-state index in [0.717, 1.165) is 28.0 Å². The van der Waals surface area contributed by atoms with Crippen LogP contribution in [0.5, 0.6) is 0 Å². The van der Waals surface area contributed by atoms with Crippen LogP contribution < -0.4 is 0 Å². The Balaban J connectivity index is 1.75. The third kappa shape index (κ3) is 4.39. The van der Waals surface area contributed by atoms with Crippen LogP contribution in [-0.4, -0.2) is 14.8 Å². The van der Waals surface area contributed by atoms with Gasteiger partial charge in [-0.2, -0.15) is 0 Å². The number of aryl methyl sites for hydroxylation is 3. The summed E-state index contributed by atoms with van der Waals surface area (Å²) in [5.41, 5.74) is 7.10. The second kappa shape index (κ2) is 8.44.